The molecule has 1 aliphatic carbocycles. The van der Waals surface area contributed by atoms with Gasteiger partial charge in [0.05, 0.1) is 5.25 Å². The van der Waals surface area contributed by atoms with Crippen LogP contribution in [0.15, 0.2) is 30.3 Å². The molecule has 1 aliphatic rings. The topological polar surface area (TPSA) is 17.1 Å². The van der Waals surface area contributed by atoms with Crippen molar-refractivity contribution in [3.8, 4) is 0 Å². The highest BCUT2D eigenvalue weighted by molar-refractivity contribution is 8.01. The van der Waals surface area contributed by atoms with Crippen molar-refractivity contribution in [2.75, 3.05) is 0 Å². The number of hydrogen-bond acceptors (Lipinski definition) is 2. The Morgan fingerprint density at radius 1 is 1.18 bits per heavy atom. The summed E-state index contributed by atoms with van der Waals surface area (Å²) in [5, 5.41) is 0.798. The number of ketones is 1. The predicted octanol–water partition coefficient (Wildman–Crippen LogP) is 4.32. The first kappa shape index (κ1) is 12.7. The fourth-order valence-electron chi connectivity index (χ4n) is 2.39. The van der Waals surface area contributed by atoms with Crippen LogP contribution in [0.5, 0.6) is 0 Å². The van der Waals surface area contributed by atoms with E-state index < -0.39 is 0 Å². The second kappa shape index (κ2) is 6.25. The van der Waals surface area contributed by atoms with Crippen molar-refractivity contribution in [3.63, 3.8) is 0 Å². The van der Waals surface area contributed by atoms with E-state index in [1.807, 2.05) is 42.1 Å². The van der Waals surface area contributed by atoms with E-state index in [0.29, 0.717) is 5.25 Å². The number of rotatable bonds is 4. The molecule has 0 saturated heterocycles. The highest BCUT2D eigenvalue weighted by Crippen LogP contribution is 2.32. The van der Waals surface area contributed by atoms with Crippen molar-refractivity contribution in [2.24, 2.45) is 0 Å². The van der Waals surface area contributed by atoms with Crippen molar-refractivity contribution < 1.29 is 4.79 Å². The van der Waals surface area contributed by atoms with Gasteiger partial charge in [0.2, 0.25) is 0 Å². The van der Waals surface area contributed by atoms with Gasteiger partial charge in [0.1, 0.15) is 0 Å². The molecule has 92 valence electrons. The first-order chi connectivity index (χ1) is 8.27. The van der Waals surface area contributed by atoms with Gasteiger partial charge in [-0.2, -0.15) is 0 Å². The molecule has 1 aromatic carbocycles. The molecule has 1 unspecified atom stereocenters. The smallest absolute Gasteiger partial charge is 0.175 e. The third kappa shape index (κ3) is 3.60. The molecule has 1 saturated carbocycles. The second-order valence-electron chi connectivity index (χ2n) is 4.77. The minimum absolute atomic E-state index is 0.0977. The Bertz CT molecular complexity index is 354. The molecule has 1 fully saturated rings. The van der Waals surface area contributed by atoms with E-state index in [0.717, 1.165) is 5.56 Å². The van der Waals surface area contributed by atoms with E-state index in [4.69, 9.17) is 0 Å². The van der Waals surface area contributed by atoms with Gasteiger partial charge in [0.25, 0.3) is 0 Å². The lowest BCUT2D eigenvalue weighted by molar-refractivity contribution is 0.0993. The van der Waals surface area contributed by atoms with Crippen LogP contribution in [0.25, 0.3) is 0 Å². The summed E-state index contributed by atoms with van der Waals surface area (Å²) in [6.45, 7) is 2.05. The van der Waals surface area contributed by atoms with Crippen LogP contribution in [0.4, 0.5) is 0 Å². The molecule has 0 aliphatic heterocycles. The number of carbonyl (C=O) groups excluding carboxylic acids is 1. The van der Waals surface area contributed by atoms with E-state index in [9.17, 15) is 4.79 Å². The third-order valence-electron chi connectivity index (χ3n) is 3.38. The average molecular weight is 248 g/mol. The lowest BCUT2D eigenvalue weighted by atomic mass is 10.0. The highest BCUT2D eigenvalue weighted by Gasteiger charge is 2.21. The zero-order chi connectivity index (χ0) is 12.1. The van der Waals surface area contributed by atoms with E-state index >= 15 is 0 Å². The lowest BCUT2D eigenvalue weighted by Crippen LogP contribution is -2.19. The molecule has 0 spiro atoms. The van der Waals surface area contributed by atoms with Crippen LogP contribution < -0.4 is 0 Å². The maximum Gasteiger partial charge on any atom is 0.175 e. The molecule has 2 rings (SSSR count). The van der Waals surface area contributed by atoms with Gasteiger partial charge in [-0.05, 0) is 19.8 Å². The largest absolute Gasteiger partial charge is 0.293 e. The number of benzene rings is 1. The monoisotopic (exact) mass is 248 g/mol. The summed E-state index contributed by atoms with van der Waals surface area (Å²) in [5.74, 6) is 0.279. The first-order valence-electron chi connectivity index (χ1n) is 6.52. The molecule has 0 radical (unpaired) electrons. The van der Waals surface area contributed by atoms with E-state index in [2.05, 4.69) is 6.92 Å². The standard InChI is InChI=1S/C15H20OS/c1-12(17-14-10-6-3-7-11-14)15(16)13-8-4-2-5-9-13/h2,4-5,8-9,12,14H,3,6-7,10-11H2,1H3. The molecule has 0 amide bonds. The van der Waals surface area contributed by atoms with Crippen molar-refractivity contribution in [1.29, 1.82) is 0 Å². The summed E-state index contributed by atoms with van der Waals surface area (Å²) in [6.07, 6.45) is 6.63. The Hall–Kier alpha value is -0.760. The van der Waals surface area contributed by atoms with Crippen molar-refractivity contribution >= 4 is 17.5 Å². The average Bonchev–Trinajstić information content (AvgIpc) is 2.40. The van der Waals surface area contributed by atoms with Crippen molar-refractivity contribution in [2.45, 2.75) is 49.5 Å². The molecular formula is C15H20OS. The van der Waals surface area contributed by atoms with E-state index in [1.54, 1.807) is 0 Å². The molecule has 0 N–H and O–H groups in total. The van der Waals surface area contributed by atoms with Crippen LogP contribution in [-0.4, -0.2) is 16.3 Å². The molecule has 0 bridgehead atoms. The van der Waals surface area contributed by atoms with Crippen LogP contribution in [0.3, 0.4) is 0 Å². The van der Waals surface area contributed by atoms with Gasteiger partial charge in [-0.3, -0.25) is 4.79 Å². The minimum Gasteiger partial charge on any atom is -0.293 e. The number of carbonyl (C=O) groups is 1. The lowest BCUT2D eigenvalue weighted by Gasteiger charge is -2.23. The quantitative estimate of drug-likeness (QED) is 0.738. The van der Waals surface area contributed by atoms with E-state index in [1.165, 1.54) is 32.1 Å². The Kier molecular flexibility index (Phi) is 4.66. The predicted molar refractivity (Wildman–Crippen MR) is 74.7 cm³/mol. The molecule has 0 heterocycles. The van der Waals surface area contributed by atoms with Crippen LogP contribution in [0.1, 0.15) is 49.4 Å². The second-order valence-corrected chi connectivity index (χ2v) is 6.41. The molecule has 2 heteroatoms. The maximum absolute atomic E-state index is 12.2. The Balaban J connectivity index is 1.91. The van der Waals surface area contributed by atoms with Gasteiger partial charge in [-0.15, -0.1) is 11.8 Å². The summed E-state index contributed by atoms with van der Waals surface area (Å²) in [5.41, 5.74) is 0.850. The van der Waals surface area contributed by atoms with Crippen molar-refractivity contribution in [1.82, 2.24) is 0 Å². The molecule has 0 aromatic heterocycles. The zero-order valence-electron chi connectivity index (χ0n) is 10.4. The van der Waals surface area contributed by atoms with Crippen LogP contribution in [0.2, 0.25) is 0 Å². The summed E-state index contributed by atoms with van der Waals surface area (Å²) in [6, 6.07) is 9.66. The summed E-state index contributed by atoms with van der Waals surface area (Å²) < 4.78 is 0. The molecule has 17 heavy (non-hydrogen) atoms. The Labute approximate surface area is 108 Å². The Morgan fingerprint density at radius 2 is 1.82 bits per heavy atom. The first-order valence-corrected chi connectivity index (χ1v) is 7.46. The molecule has 1 aromatic rings. The van der Waals surface area contributed by atoms with Gasteiger partial charge >= 0.3 is 0 Å². The van der Waals surface area contributed by atoms with Crippen LogP contribution >= 0.6 is 11.8 Å². The summed E-state index contributed by atoms with van der Waals surface area (Å²) >= 11 is 1.87. The van der Waals surface area contributed by atoms with Crippen LogP contribution in [0, 0.1) is 0 Å². The normalized spacial score (nSPS) is 18.9. The SMILES string of the molecule is CC(SC1CCCCC1)C(=O)c1ccccc1. The van der Waals surface area contributed by atoms with Gasteiger partial charge in [-0.25, -0.2) is 0 Å². The fraction of sp³-hybridized carbons (Fsp3) is 0.533. The number of hydrogen-bond donors (Lipinski definition) is 0. The molecule has 1 nitrogen and oxygen atoms in total. The number of Topliss-reactive ketones (excluding diaryl/α,β-unsaturated/α-hetero) is 1. The maximum atomic E-state index is 12.2. The van der Waals surface area contributed by atoms with Gasteiger partial charge in [-0.1, -0.05) is 49.6 Å². The van der Waals surface area contributed by atoms with E-state index in [-0.39, 0.29) is 11.0 Å². The third-order valence-corrected chi connectivity index (χ3v) is 4.85. The Morgan fingerprint density at radius 3 is 2.47 bits per heavy atom. The number of thioether (sulfide) groups is 1. The minimum atomic E-state index is 0.0977. The molecular weight excluding hydrogens is 228 g/mol. The fourth-order valence-corrected chi connectivity index (χ4v) is 3.83. The van der Waals surface area contributed by atoms with Gasteiger partial charge in [0.15, 0.2) is 5.78 Å². The van der Waals surface area contributed by atoms with Gasteiger partial charge < -0.3 is 0 Å². The zero-order valence-corrected chi connectivity index (χ0v) is 11.2. The molecule has 1 atom stereocenters. The van der Waals surface area contributed by atoms with Crippen molar-refractivity contribution in [3.05, 3.63) is 35.9 Å². The van der Waals surface area contributed by atoms with Gasteiger partial charge in [0, 0.05) is 10.8 Å². The van der Waals surface area contributed by atoms with Crippen LogP contribution in [-0.2, 0) is 0 Å². The highest BCUT2D eigenvalue weighted by atomic mass is 32.2. The summed E-state index contributed by atoms with van der Waals surface area (Å²) in [7, 11) is 0. The summed E-state index contributed by atoms with van der Waals surface area (Å²) in [4.78, 5) is 12.2.